The van der Waals surface area contributed by atoms with E-state index in [-0.39, 0.29) is 6.10 Å². The maximum atomic E-state index is 14.0. The van der Waals surface area contributed by atoms with Crippen molar-refractivity contribution in [2.24, 2.45) is 0 Å². The van der Waals surface area contributed by atoms with Crippen molar-refractivity contribution < 1.29 is 17.9 Å². The largest absolute Gasteiger partial charge is 0.490 e. The molecule has 0 radical (unpaired) electrons. The van der Waals surface area contributed by atoms with Crippen molar-refractivity contribution in [3.05, 3.63) is 123 Å². The highest BCUT2D eigenvalue weighted by Crippen LogP contribution is 2.42. The van der Waals surface area contributed by atoms with E-state index in [9.17, 15) is 8.42 Å². The highest BCUT2D eigenvalue weighted by Gasteiger charge is 2.33. The van der Waals surface area contributed by atoms with Gasteiger partial charge in [0, 0.05) is 12.0 Å². The third-order valence-electron chi connectivity index (χ3n) is 9.10. The Bertz CT molecular complexity index is 1660. The molecular weight excluding hydrogens is 613 g/mol. The van der Waals surface area contributed by atoms with Crippen molar-refractivity contribution in [3.63, 3.8) is 0 Å². The van der Waals surface area contributed by atoms with E-state index in [1.165, 1.54) is 16.7 Å². The Kier molecular flexibility index (Phi) is 15.3. The van der Waals surface area contributed by atoms with Crippen LogP contribution in [0.15, 0.2) is 101 Å². The summed E-state index contributed by atoms with van der Waals surface area (Å²) in [5.41, 5.74) is 9.37. The number of sulfone groups is 1. The third kappa shape index (κ3) is 10.7. The zero-order chi connectivity index (χ0) is 35.3. The molecule has 1 heterocycles. The van der Waals surface area contributed by atoms with Crippen molar-refractivity contribution in [3.8, 4) is 11.5 Å². The Morgan fingerprint density at radius 1 is 0.833 bits per heavy atom. The minimum absolute atomic E-state index is 0.203. The van der Waals surface area contributed by atoms with Crippen molar-refractivity contribution in [2.45, 2.75) is 130 Å². The van der Waals surface area contributed by atoms with Crippen molar-refractivity contribution in [2.75, 3.05) is 0 Å². The lowest BCUT2D eigenvalue weighted by atomic mass is 9.90. The minimum atomic E-state index is -3.60. The van der Waals surface area contributed by atoms with E-state index >= 15 is 0 Å². The molecule has 0 aliphatic carbocycles. The standard InChI is InChI=1S/C41H52O4S.C2H6/c1-29(2)16-14-17-30(3)18-15-19-31(4)26-38(46(42,43)37-22-12-9-13-23-37)27-36-24-25-39-34(7)40(32(5)33(6)41(39)45-36)44-28-35-20-10-8-11-21-35;1-2/h8-13,16,18,20-23,26,36,38H,14-15,17,19,24-25,27-28H2,1-7H3;1-2H3/b30-18+,31-26+;. The minimum Gasteiger partial charge on any atom is -0.490 e. The molecule has 3 aromatic carbocycles. The van der Waals surface area contributed by atoms with Gasteiger partial charge in [0.25, 0.3) is 0 Å². The maximum Gasteiger partial charge on any atom is 0.184 e. The van der Waals surface area contributed by atoms with E-state index in [0.29, 0.717) is 17.9 Å². The van der Waals surface area contributed by atoms with Gasteiger partial charge in [-0.05, 0) is 121 Å². The summed E-state index contributed by atoms with van der Waals surface area (Å²) in [5, 5.41) is -0.667. The highest BCUT2D eigenvalue weighted by molar-refractivity contribution is 7.92. The summed E-state index contributed by atoms with van der Waals surface area (Å²) in [6.07, 6.45) is 12.2. The predicted molar refractivity (Wildman–Crippen MR) is 203 cm³/mol. The Balaban J connectivity index is 0.00000307. The lowest BCUT2D eigenvalue weighted by Gasteiger charge is -2.32. The number of ether oxygens (including phenoxy) is 2. The number of hydrogen-bond acceptors (Lipinski definition) is 4. The number of hydrogen-bond donors (Lipinski definition) is 0. The van der Waals surface area contributed by atoms with Gasteiger partial charge < -0.3 is 9.47 Å². The van der Waals surface area contributed by atoms with E-state index in [2.05, 4.69) is 72.8 Å². The number of allylic oxidation sites excluding steroid dienone is 5. The first-order valence-corrected chi connectivity index (χ1v) is 19.2. The summed E-state index contributed by atoms with van der Waals surface area (Å²) >= 11 is 0. The number of rotatable bonds is 14. The van der Waals surface area contributed by atoms with Crippen LogP contribution in [0.25, 0.3) is 0 Å². The van der Waals surface area contributed by atoms with Crippen LogP contribution in [0.3, 0.4) is 0 Å². The molecule has 2 unspecified atom stereocenters. The average molecular weight is 671 g/mol. The molecule has 0 saturated heterocycles. The van der Waals surface area contributed by atoms with Crippen molar-refractivity contribution in [1.29, 1.82) is 0 Å². The topological polar surface area (TPSA) is 52.6 Å². The van der Waals surface area contributed by atoms with E-state index in [1.807, 2.05) is 44.2 Å². The van der Waals surface area contributed by atoms with E-state index < -0.39 is 15.1 Å². The van der Waals surface area contributed by atoms with Crippen LogP contribution in [0.5, 0.6) is 11.5 Å². The molecule has 3 aromatic rings. The second-order valence-electron chi connectivity index (χ2n) is 13.1. The highest BCUT2D eigenvalue weighted by atomic mass is 32.2. The first-order chi connectivity index (χ1) is 23.0. The summed E-state index contributed by atoms with van der Waals surface area (Å²) in [6, 6.07) is 19.1. The van der Waals surface area contributed by atoms with E-state index in [0.717, 1.165) is 77.9 Å². The van der Waals surface area contributed by atoms with Crippen LogP contribution in [-0.2, 0) is 22.9 Å². The van der Waals surface area contributed by atoms with Crippen LogP contribution in [0, 0.1) is 20.8 Å². The van der Waals surface area contributed by atoms with Crippen LogP contribution in [-0.4, -0.2) is 19.8 Å². The normalized spacial score (nSPS) is 15.4. The lowest BCUT2D eigenvalue weighted by molar-refractivity contribution is 0.163. The molecular formula is C43H58O4S. The Labute approximate surface area is 291 Å². The fourth-order valence-corrected chi connectivity index (χ4v) is 7.99. The summed E-state index contributed by atoms with van der Waals surface area (Å²) < 4.78 is 41.1. The zero-order valence-corrected chi connectivity index (χ0v) is 31.7. The van der Waals surface area contributed by atoms with Crippen LogP contribution >= 0.6 is 0 Å². The smallest absolute Gasteiger partial charge is 0.184 e. The van der Waals surface area contributed by atoms with Gasteiger partial charge in [-0.25, -0.2) is 8.42 Å². The molecule has 0 aromatic heterocycles. The van der Waals surface area contributed by atoms with Gasteiger partial charge in [0.05, 0.1) is 10.1 Å². The molecule has 4 rings (SSSR count). The molecule has 0 amide bonds. The number of benzene rings is 3. The summed E-state index contributed by atoms with van der Waals surface area (Å²) in [7, 11) is -3.60. The molecule has 2 atom stereocenters. The fourth-order valence-electron chi connectivity index (χ4n) is 6.23. The molecule has 0 N–H and O–H groups in total. The van der Waals surface area contributed by atoms with Crippen LogP contribution in [0.2, 0.25) is 0 Å². The molecule has 0 fully saturated rings. The molecule has 48 heavy (non-hydrogen) atoms. The molecule has 4 nitrogen and oxygen atoms in total. The molecule has 5 heteroatoms. The SMILES string of the molecule is CC.CC(C)=CCC/C(C)=C/CC/C(C)=C/C(CC1CCc2c(C)c(OCc3ccccc3)c(C)c(C)c2O1)S(=O)(=O)c1ccccc1. The van der Waals surface area contributed by atoms with Gasteiger partial charge >= 0.3 is 0 Å². The molecule has 1 aliphatic heterocycles. The quantitative estimate of drug-likeness (QED) is 0.160. The molecule has 0 spiro atoms. The Morgan fingerprint density at radius 2 is 1.44 bits per heavy atom. The van der Waals surface area contributed by atoms with Gasteiger partial charge in [0.1, 0.15) is 24.2 Å². The van der Waals surface area contributed by atoms with E-state index in [4.69, 9.17) is 9.47 Å². The Morgan fingerprint density at radius 3 is 2.08 bits per heavy atom. The molecule has 260 valence electrons. The predicted octanol–water partition coefficient (Wildman–Crippen LogP) is 11.6. The first kappa shape index (κ1) is 38.9. The second kappa shape index (κ2) is 18.8. The van der Waals surface area contributed by atoms with Crippen LogP contribution in [0.4, 0.5) is 0 Å². The van der Waals surface area contributed by atoms with Crippen LogP contribution < -0.4 is 9.47 Å². The zero-order valence-electron chi connectivity index (χ0n) is 30.9. The number of fused-ring (bicyclic) bond motifs is 1. The third-order valence-corrected chi connectivity index (χ3v) is 11.2. The summed E-state index contributed by atoms with van der Waals surface area (Å²) in [4.78, 5) is 0.360. The molecule has 1 aliphatic rings. The second-order valence-corrected chi connectivity index (χ2v) is 15.3. The molecule has 0 bridgehead atoms. The van der Waals surface area contributed by atoms with Crippen molar-refractivity contribution in [1.82, 2.24) is 0 Å². The fraction of sp³-hybridized carbons (Fsp3) is 0.442. The van der Waals surface area contributed by atoms with Crippen LogP contribution in [0.1, 0.15) is 108 Å². The van der Waals surface area contributed by atoms with Crippen molar-refractivity contribution >= 4 is 9.84 Å². The van der Waals surface area contributed by atoms with Gasteiger partial charge in [0.2, 0.25) is 0 Å². The molecule has 0 saturated carbocycles. The van der Waals surface area contributed by atoms with Gasteiger partial charge in [-0.1, -0.05) is 97.3 Å². The van der Waals surface area contributed by atoms with Gasteiger partial charge in [-0.3, -0.25) is 0 Å². The van der Waals surface area contributed by atoms with Gasteiger partial charge in [-0.15, -0.1) is 0 Å². The Hall–Kier alpha value is -3.57. The van der Waals surface area contributed by atoms with Gasteiger partial charge in [-0.2, -0.15) is 0 Å². The van der Waals surface area contributed by atoms with E-state index in [1.54, 1.807) is 24.3 Å². The first-order valence-electron chi connectivity index (χ1n) is 17.7. The summed E-state index contributed by atoms with van der Waals surface area (Å²) in [6.45, 7) is 19.3. The monoisotopic (exact) mass is 670 g/mol. The average Bonchev–Trinajstić information content (AvgIpc) is 3.08. The maximum absolute atomic E-state index is 14.0. The summed E-state index contributed by atoms with van der Waals surface area (Å²) in [5.74, 6) is 1.81. The lowest BCUT2D eigenvalue weighted by Crippen LogP contribution is -2.32. The van der Waals surface area contributed by atoms with Gasteiger partial charge in [0.15, 0.2) is 9.84 Å².